The van der Waals surface area contributed by atoms with Gasteiger partial charge in [-0.25, -0.2) is 0 Å². The molecule has 0 aliphatic heterocycles. The Morgan fingerprint density at radius 3 is 2.74 bits per heavy atom. The molecular weight excluding hydrogens is 268 g/mol. The van der Waals surface area contributed by atoms with Crippen LogP contribution in [0.25, 0.3) is 0 Å². The average molecular weight is 279 g/mol. The van der Waals surface area contributed by atoms with Gasteiger partial charge in [0.2, 0.25) is 0 Å². The summed E-state index contributed by atoms with van der Waals surface area (Å²) in [5.74, 6) is 0.276. The average Bonchev–Trinajstić information content (AvgIpc) is 2.37. The number of nitro benzene ring substituents is 1. The minimum absolute atomic E-state index is 0.0630. The lowest BCUT2D eigenvalue weighted by atomic mass is 10.2. The van der Waals surface area contributed by atoms with E-state index in [1.54, 1.807) is 12.1 Å². The topological polar surface area (TPSA) is 78.4 Å². The SMILES string of the molecule is Nc1cccc(COc2cc([N+](=O)[O-])ccc2Cl)c1. The number of hydrogen-bond acceptors (Lipinski definition) is 4. The van der Waals surface area contributed by atoms with Crippen LogP contribution in [0.4, 0.5) is 11.4 Å². The van der Waals surface area contributed by atoms with Gasteiger partial charge in [-0.1, -0.05) is 23.7 Å². The molecule has 0 unspecified atom stereocenters. The van der Waals surface area contributed by atoms with Crippen molar-refractivity contribution in [3.63, 3.8) is 0 Å². The molecule has 0 bridgehead atoms. The Kier molecular flexibility index (Phi) is 3.87. The number of anilines is 1. The zero-order chi connectivity index (χ0) is 13.8. The van der Waals surface area contributed by atoms with Gasteiger partial charge in [-0.2, -0.15) is 0 Å². The molecule has 19 heavy (non-hydrogen) atoms. The molecule has 0 atom stereocenters. The Bertz CT molecular complexity index is 617. The van der Waals surface area contributed by atoms with E-state index in [0.29, 0.717) is 10.7 Å². The van der Waals surface area contributed by atoms with E-state index in [1.165, 1.54) is 18.2 Å². The van der Waals surface area contributed by atoms with Crippen molar-refractivity contribution in [2.24, 2.45) is 0 Å². The summed E-state index contributed by atoms with van der Waals surface area (Å²) in [5, 5.41) is 11.0. The fraction of sp³-hybridized carbons (Fsp3) is 0.0769. The van der Waals surface area contributed by atoms with Crippen LogP contribution in [-0.4, -0.2) is 4.92 Å². The summed E-state index contributed by atoms with van der Waals surface area (Å²) >= 11 is 5.93. The van der Waals surface area contributed by atoms with Crippen LogP contribution >= 0.6 is 11.6 Å². The van der Waals surface area contributed by atoms with Crippen molar-refractivity contribution in [1.82, 2.24) is 0 Å². The molecule has 6 heteroatoms. The number of nitrogen functional groups attached to an aromatic ring is 1. The zero-order valence-corrected chi connectivity index (χ0v) is 10.6. The van der Waals surface area contributed by atoms with Gasteiger partial charge < -0.3 is 10.5 Å². The van der Waals surface area contributed by atoms with Crippen LogP contribution in [0.1, 0.15) is 5.56 Å². The third kappa shape index (κ3) is 3.35. The third-order valence-electron chi connectivity index (χ3n) is 2.47. The molecule has 0 saturated heterocycles. The fourth-order valence-electron chi connectivity index (χ4n) is 1.56. The van der Waals surface area contributed by atoms with Crippen LogP contribution in [0.5, 0.6) is 5.75 Å². The number of nitro groups is 1. The standard InChI is InChI=1S/C13H11ClN2O3/c14-12-5-4-11(16(17)18)7-13(12)19-8-9-2-1-3-10(15)6-9/h1-7H,8,15H2. The van der Waals surface area contributed by atoms with Crippen molar-refractivity contribution in [3.05, 3.63) is 63.2 Å². The van der Waals surface area contributed by atoms with Crippen molar-refractivity contribution < 1.29 is 9.66 Å². The molecule has 0 spiro atoms. The first kappa shape index (κ1) is 13.2. The molecule has 5 nitrogen and oxygen atoms in total. The number of halogens is 1. The number of hydrogen-bond donors (Lipinski definition) is 1. The molecule has 2 N–H and O–H groups in total. The number of benzene rings is 2. The van der Waals surface area contributed by atoms with Crippen molar-refractivity contribution in [1.29, 1.82) is 0 Å². The number of non-ortho nitro benzene ring substituents is 1. The smallest absolute Gasteiger partial charge is 0.273 e. The van der Waals surface area contributed by atoms with Crippen LogP contribution in [0.2, 0.25) is 5.02 Å². The van der Waals surface area contributed by atoms with E-state index in [0.717, 1.165) is 5.56 Å². The molecule has 0 heterocycles. The van der Waals surface area contributed by atoms with Crippen LogP contribution in [0, 0.1) is 10.1 Å². The van der Waals surface area contributed by atoms with E-state index in [1.807, 2.05) is 12.1 Å². The number of nitrogens with two attached hydrogens (primary N) is 1. The summed E-state index contributed by atoms with van der Waals surface area (Å²) in [6.45, 7) is 0.242. The van der Waals surface area contributed by atoms with Gasteiger partial charge in [-0.15, -0.1) is 0 Å². The number of rotatable bonds is 4. The van der Waals surface area contributed by atoms with E-state index in [4.69, 9.17) is 22.1 Å². The van der Waals surface area contributed by atoms with Crippen LogP contribution in [0.3, 0.4) is 0 Å². The minimum atomic E-state index is -0.496. The van der Waals surface area contributed by atoms with Crippen LogP contribution in [0.15, 0.2) is 42.5 Å². The Balaban J connectivity index is 2.15. The first-order chi connectivity index (χ1) is 9.06. The highest BCUT2D eigenvalue weighted by Gasteiger charge is 2.10. The predicted octanol–water partition coefficient (Wildman–Crippen LogP) is 3.41. The molecule has 2 aromatic rings. The van der Waals surface area contributed by atoms with Gasteiger partial charge in [0, 0.05) is 11.8 Å². The Morgan fingerprint density at radius 2 is 2.05 bits per heavy atom. The first-order valence-corrected chi connectivity index (χ1v) is 5.85. The minimum Gasteiger partial charge on any atom is -0.487 e. The van der Waals surface area contributed by atoms with Crippen molar-refractivity contribution in [3.8, 4) is 5.75 Å². The maximum absolute atomic E-state index is 10.7. The van der Waals surface area contributed by atoms with Crippen LogP contribution < -0.4 is 10.5 Å². The summed E-state index contributed by atoms with van der Waals surface area (Å²) < 4.78 is 5.48. The highest BCUT2D eigenvalue weighted by molar-refractivity contribution is 6.32. The van der Waals surface area contributed by atoms with E-state index < -0.39 is 4.92 Å². The second kappa shape index (κ2) is 5.58. The van der Waals surface area contributed by atoms with Gasteiger partial charge in [-0.05, 0) is 23.8 Å². The summed E-state index contributed by atoms with van der Waals surface area (Å²) in [7, 11) is 0. The van der Waals surface area contributed by atoms with Crippen LogP contribution in [-0.2, 0) is 6.61 Å². The quantitative estimate of drug-likeness (QED) is 0.528. The molecule has 0 amide bonds. The van der Waals surface area contributed by atoms with Crippen molar-refractivity contribution in [2.75, 3.05) is 5.73 Å². The molecule has 0 radical (unpaired) electrons. The van der Waals surface area contributed by atoms with Gasteiger partial charge in [0.15, 0.2) is 0 Å². The van der Waals surface area contributed by atoms with E-state index in [9.17, 15) is 10.1 Å². The molecule has 98 valence electrons. The lowest BCUT2D eigenvalue weighted by Crippen LogP contribution is -1.98. The van der Waals surface area contributed by atoms with Gasteiger partial charge in [0.25, 0.3) is 5.69 Å². The Hall–Kier alpha value is -2.27. The molecular formula is C13H11ClN2O3. The first-order valence-electron chi connectivity index (χ1n) is 5.47. The fourth-order valence-corrected chi connectivity index (χ4v) is 1.73. The molecule has 0 aromatic heterocycles. The number of ether oxygens (including phenoxy) is 1. The Labute approximate surface area is 114 Å². The summed E-state index contributed by atoms with van der Waals surface area (Å²) in [6.07, 6.45) is 0. The predicted molar refractivity (Wildman–Crippen MR) is 73.3 cm³/mol. The summed E-state index contributed by atoms with van der Waals surface area (Å²) in [5.41, 5.74) is 7.08. The van der Waals surface area contributed by atoms with Crippen molar-refractivity contribution >= 4 is 23.0 Å². The molecule has 0 aliphatic carbocycles. The van der Waals surface area contributed by atoms with Gasteiger partial charge in [-0.3, -0.25) is 10.1 Å². The van der Waals surface area contributed by atoms with Gasteiger partial charge >= 0.3 is 0 Å². The maximum Gasteiger partial charge on any atom is 0.273 e. The third-order valence-corrected chi connectivity index (χ3v) is 2.78. The largest absolute Gasteiger partial charge is 0.487 e. The lowest BCUT2D eigenvalue weighted by Gasteiger charge is -2.08. The van der Waals surface area contributed by atoms with Gasteiger partial charge in [0.05, 0.1) is 16.0 Å². The second-order valence-corrected chi connectivity index (χ2v) is 4.31. The van der Waals surface area contributed by atoms with E-state index >= 15 is 0 Å². The highest BCUT2D eigenvalue weighted by atomic mass is 35.5. The summed E-state index contributed by atoms with van der Waals surface area (Å²) in [6, 6.07) is 11.3. The van der Waals surface area contributed by atoms with Crippen molar-refractivity contribution in [2.45, 2.75) is 6.61 Å². The van der Waals surface area contributed by atoms with E-state index in [2.05, 4.69) is 0 Å². The second-order valence-electron chi connectivity index (χ2n) is 3.91. The number of nitrogens with zero attached hydrogens (tertiary/aromatic N) is 1. The lowest BCUT2D eigenvalue weighted by molar-refractivity contribution is -0.384. The van der Waals surface area contributed by atoms with Gasteiger partial charge in [0.1, 0.15) is 12.4 Å². The molecule has 0 aliphatic rings. The molecule has 0 fully saturated rings. The Morgan fingerprint density at radius 1 is 1.26 bits per heavy atom. The maximum atomic E-state index is 10.7. The monoisotopic (exact) mass is 278 g/mol. The highest BCUT2D eigenvalue weighted by Crippen LogP contribution is 2.29. The molecule has 2 rings (SSSR count). The summed E-state index contributed by atoms with van der Waals surface area (Å²) in [4.78, 5) is 10.2. The normalized spacial score (nSPS) is 10.2. The van der Waals surface area contributed by atoms with E-state index in [-0.39, 0.29) is 18.0 Å². The molecule has 0 saturated carbocycles. The zero-order valence-electron chi connectivity index (χ0n) is 9.88. The molecule has 2 aromatic carbocycles.